The minimum atomic E-state index is -0.979. The zero-order valence-electron chi connectivity index (χ0n) is 13.2. The standard InChI is InChI=1S/C17H25NO3/c1-12(2)10-14(15(19)20)18-16(21)17(3,4)11-13-8-6-5-7-9-13/h5-9,12,14H,10-11H2,1-4H3,(H,18,21)(H,19,20). The summed E-state index contributed by atoms with van der Waals surface area (Å²) in [6.07, 6.45) is 1.01. The van der Waals surface area contributed by atoms with Gasteiger partial charge in [-0.1, -0.05) is 58.0 Å². The van der Waals surface area contributed by atoms with Crippen LogP contribution in [-0.4, -0.2) is 23.0 Å². The second-order valence-electron chi connectivity index (χ2n) is 6.54. The van der Waals surface area contributed by atoms with E-state index >= 15 is 0 Å². The Morgan fingerprint density at radius 1 is 1.19 bits per heavy atom. The largest absolute Gasteiger partial charge is 0.480 e. The van der Waals surface area contributed by atoms with Crippen LogP contribution in [0.4, 0.5) is 0 Å². The van der Waals surface area contributed by atoms with E-state index in [1.54, 1.807) is 0 Å². The molecule has 116 valence electrons. The van der Waals surface area contributed by atoms with Crippen molar-refractivity contribution in [3.63, 3.8) is 0 Å². The van der Waals surface area contributed by atoms with Gasteiger partial charge in [0.05, 0.1) is 0 Å². The van der Waals surface area contributed by atoms with E-state index in [9.17, 15) is 14.7 Å². The zero-order valence-corrected chi connectivity index (χ0v) is 13.2. The second-order valence-corrected chi connectivity index (χ2v) is 6.54. The number of aliphatic carboxylic acids is 1. The maximum absolute atomic E-state index is 12.4. The molecule has 1 aromatic rings. The smallest absolute Gasteiger partial charge is 0.326 e. The Balaban J connectivity index is 2.73. The quantitative estimate of drug-likeness (QED) is 0.811. The first-order valence-corrected chi connectivity index (χ1v) is 7.30. The summed E-state index contributed by atoms with van der Waals surface area (Å²) in [7, 11) is 0. The van der Waals surface area contributed by atoms with Gasteiger partial charge in [0.1, 0.15) is 6.04 Å². The molecule has 4 nitrogen and oxygen atoms in total. The van der Waals surface area contributed by atoms with E-state index in [1.165, 1.54) is 0 Å². The van der Waals surface area contributed by atoms with Gasteiger partial charge in [-0.15, -0.1) is 0 Å². The van der Waals surface area contributed by atoms with Crippen LogP contribution in [0.25, 0.3) is 0 Å². The predicted octanol–water partition coefficient (Wildman–Crippen LogP) is 2.87. The number of hydrogen-bond donors (Lipinski definition) is 2. The molecule has 2 N–H and O–H groups in total. The highest BCUT2D eigenvalue weighted by Gasteiger charge is 2.31. The van der Waals surface area contributed by atoms with Crippen LogP contribution < -0.4 is 5.32 Å². The Morgan fingerprint density at radius 2 is 1.76 bits per heavy atom. The molecule has 1 amide bonds. The molecule has 0 bridgehead atoms. The van der Waals surface area contributed by atoms with Crippen molar-refractivity contribution in [2.75, 3.05) is 0 Å². The van der Waals surface area contributed by atoms with Gasteiger partial charge in [0.25, 0.3) is 0 Å². The van der Waals surface area contributed by atoms with Gasteiger partial charge in [-0.25, -0.2) is 4.79 Å². The molecule has 1 rings (SSSR count). The number of nitrogens with one attached hydrogen (secondary N) is 1. The van der Waals surface area contributed by atoms with Crippen LogP contribution in [0.15, 0.2) is 30.3 Å². The molecule has 0 aliphatic carbocycles. The van der Waals surface area contributed by atoms with Crippen LogP contribution in [0, 0.1) is 11.3 Å². The van der Waals surface area contributed by atoms with Crippen molar-refractivity contribution < 1.29 is 14.7 Å². The normalized spacial score (nSPS) is 13.0. The van der Waals surface area contributed by atoms with E-state index in [2.05, 4.69) is 5.32 Å². The molecule has 0 radical (unpaired) electrons. The average molecular weight is 291 g/mol. The van der Waals surface area contributed by atoms with Gasteiger partial charge in [-0.05, 0) is 24.3 Å². The topological polar surface area (TPSA) is 66.4 Å². The van der Waals surface area contributed by atoms with Crippen molar-refractivity contribution in [3.8, 4) is 0 Å². The van der Waals surface area contributed by atoms with Crippen LogP contribution in [0.1, 0.15) is 39.7 Å². The van der Waals surface area contributed by atoms with Gasteiger partial charge in [-0.2, -0.15) is 0 Å². The first kappa shape index (κ1) is 17.2. The molecular weight excluding hydrogens is 266 g/mol. The number of rotatable bonds is 7. The summed E-state index contributed by atoms with van der Waals surface area (Å²) < 4.78 is 0. The molecule has 0 fully saturated rings. The molecule has 1 atom stereocenters. The molecule has 0 heterocycles. The lowest BCUT2D eigenvalue weighted by atomic mass is 9.84. The number of carboxylic acid groups (broad SMARTS) is 1. The number of hydrogen-bond acceptors (Lipinski definition) is 2. The molecule has 1 aromatic carbocycles. The fraction of sp³-hybridized carbons (Fsp3) is 0.529. The van der Waals surface area contributed by atoms with Crippen LogP contribution in [0.3, 0.4) is 0 Å². The van der Waals surface area contributed by atoms with Crippen molar-refractivity contribution >= 4 is 11.9 Å². The van der Waals surface area contributed by atoms with Crippen LogP contribution >= 0.6 is 0 Å². The SMILES string of the molecule is CC(C)CC(NC(=O)C(C)(C)Cc1ccccc1)C(=O)O. The molecule has 0 aromatic heterocycles. The Hall–Kier alpha value is -1.84. The molecule has 0 saturated carbocycles. The maximum atomic E-state index is 12.4. The molecule has 0 saturated heterocycles. The monoisotopic (exact) mass is 291 g/mol. The summed E-state index contributed by atoms with van der Waals surface area (Å²) in [5.41, 5.74) is 0.417. The summed E-state index contributed by atoms with van der Waals surface area (Å²) in [4.78, 5) is 23.6. The molecular formula is C17H25NO3. The number of benzene rings is 1. The molecule has 1 unspecified atom stereocenters. The lowest BCUT2D eigenvalue weighted by Gasteiger charge is -2.26. The third-order valence-electron chi connectivity index (χ3n) is 3.41. The number of carbonyl (C=O) groups is 2. The van der Waals surface area contributed by atoms with Gasteiger partial charge >= 0.3 is 5.97 Å². The van der Waals surface area contributed by atoms with Crippen molar-refractivity contribution in [1.29, 1.82) is 0 Å². The van der Waals surface area contributed by atoms with Gasteiger partial charge in [-0.3, -0.25) is 4.79 Å². The lowest BCUT2D eigenvalue weighted by Crippen LogP contribution is -2.47. The highest BCUT2D eigenvalue weighted by atomic mass is 16.4. The zero-order chi connectivity index (χ0) is 16.0. The van der Waals surface area contributed by atoms with E-state index in [-0.39, 0.29) is 11.8 Å². The maximum Gasteiger partial charge on any atom is 0.326 e. The Labute approximate surface area is 126 Å². The minimum absolute atomic E-state index is 0.212. The molecule has 21 heavy (non-hydrogen) atoms. The van der Waals surface area contributed by atoms with Gasteiger partial charge in [0, 0.05) is 5.41 Å². The van der Waals surface area contributed by atoms with Gasteiger partial charge < -0.3 is 10.4 Å². The van der Waals surface area contributed by atoms with E-state index in [0.29, 0.717) is 12.8 Å². The van der Waals surface area contributed by atoms with E-state index in [0.717, 1.165) is 5.56 Å². The Kier molecular flexibility index (Phi) is 5.94. The first-order chi connectivity index (χ1) is 9.72. The van der Waals surface area contributed by atoms with Crippen molar-refractivity contribution in [1.82, 2.24) is 5.32 Å². The summed E-state index contributed by atoms with van der Waals surface area (Å²) in [5.74, 6) is -0.990. The van der Waals surface area contributed by atoms with Gasteiger partial charge in [0.2, 0.25) is 5.91 Å². The summed E-state index contributed by atoms with van der Waals surface area (Å²) >= 11 is 0. The van der Waals surface area contributed by atoms with Crippen LogP contribution in [0.2, 0.25) is 0 Å². The van der Waals surface area contributed by atoms with Crippen molar-refractivity contribution in [2.24, 2.45) is 11.3 Å². The number of carboxylic acids is 1. The Morgan fingerprint density at radius 3 is 2.24 bits per heavy atom. The minimum Gasteiger partial charge on any atom is -0.480 e. The second kappa shape index (κ2) is 7.25. The van der Waals surface area contributed by atoms with Crippen LogP contribution in [0.5, 0.6) is 0 Å². The summed E-state index contributed by atoms with van der Waals surface area (Å²) in [6.45, 7) is 7.56. The van der Waals surface area contributed by atoms with E-state index in [4.69, 9.17) is 0 Å². The predicted molar refractivity (Wildman–Crippen MR) is 82.9 cm³/mol. The highest BCUT2D eigenvalue weighted by molar-refractivity contribution is 5.87. The number of amides is 1. The Bertz CT molecular complexity index is 480. The van der Waals surface area contributed by atoms with E-state index < -0.39 is 17.4 Å². The third-order valence-corrected chi connectivity index (χ3v) is 3.41. The first-order valence-electron chi connectivity index (χ1n) is 7.30. The molecule has 0 spiro atoms. The highest BCUT2D eigenvalue weighted by Crippen LogP contribution is 2.22. The summed E-state index contributed by atoms with van der Waals surface area (Å²) in [5, 5.41) is 11.9. The molecule has 0 aliphatic rings. The number of carbonyl (C=O) groups excluding carboxylic acids is 1. The fourth-order valence-corrected chi connectivity index (χ4v) is 2.23. The molecule has 4 heteroatoms. The van der Waals surface area contributed by atoms with Crippen molar-refractivity contribution in [3.05, 3.63) is 35.9 Å². The average Bonchev–Trinajstić information content (AvgIpc) is 2.37. The van der Waals surface area contributed by atoms with Gasteiger partial charge in [0.15, 0.2) is 0 Å². The third kappa shape index (κ3) is 5.58. The molecule has 0 aliphatic heterocycles. The summed E-state index contributed by atoms with van der Waals surface area (Å²) in [6, 6.07) is 8.91. The fourth-order valence-electron chi connectivity index (χ4n) is 2.23. The van der Waals surface area contributed by atoms with Crippen LogP contribution in [-0.2, 0) is 16.0 Å². The van der Waals surface area contributed by atoms with Crippen molar-refractivity contribution in [2.45, 2.75) is 46.6 Å². The lowest BCUT2D eigenvalue weighted by molar-refractivity contribution is -0.143. The van der Waals surface area contributed by atoms with E-state index in [1.807, 2.05) is 58.0 Å².